The minimum atomic E-state index is -1.13. The van der Waals surface area contributed by atoms with Crippen molar-refractivity contribution in [1.82, 2.24) is 4.90 Å². The molecule has 2 aromatic rings. The van der Waals surface area contributed by atoms with Gasteiger partial charge >= 0.3 is 5.97 Å². The lowest BCUT2D eigenvalue weighted by Crippen LogP contribution is -2.44. The number of hydrogen-bond donors (Lipinski definition) is 0. The fourth-order valence-electron chi connectivity index (χ4n) is 3.18. The number of morpholine rings is 1. The van der Waals surface area contributed by atoms with E-state index in [9.17, 15) is 14.9 Å². The second-order valence-electron chi connectivity index (χ2n) is 7.29. The van der Waals surface area contributed by atoms with Gasteiger partial charge < -0.3 is 19.3 Å². The number of nitrogens with zero attached hydrogens (tertiary/aromatic N) is 3. The number of rotatable bonds is 6. The minimum absolute atomic E-state index is 0.173. The third-order valence-corrected chi connectivity index (χ3v) is 4.94. The highest BCUT2D eigenvalue weighted by molar-refractivity contribution is 5.99. The molecule has 1 amide bonds. The number of ether oxygens (including phenoxy) is 2. The number of benzene rings is 2. The number of carbonyl (C=O) groups excluding carboxylic acids is 2. The van der Waals surface area contributed by atoms with Crippen molar-refractivity contribution in [3.05, 3.63) is 71.3 Å². The molecule has 0 aromatic heterocycles. The van der Waals surface area contributed by atoms with Crippen LogP contribution in [-0.4, -0.2) is 57.2 Å². The van der Waals surface area contributed by atoms with Gasteiger partial charge in [-0.25, -0.2) is 4.79 Å². The highest BCUT2D eigenvalue weighted by atomic mass is 16.5. The molecule has 0 N–H and O–H groups in total. The van der Waals surface area contributed by atoms with E-state index < -0.39 is 12.1 Å². The van der Waals surface area contributed by atoms with Gasteiger partial charge in [-0.3, -0.25) is 4.79 Å². The topological polar surface area (TPSA) is 82.9 Å². The Balaban J connectivity index is 1.82. The number of anilines is 1. The molecule has 0 unspecified atom stereocenters. The molecule has 1 heterocycles. The first kappa shape index (κ1) is 22.1. The first-order chi connectivity index (χ1) is 15.0. The van der Waals surface area contributed by atoms with Crippen LogP contribution in [0.2, 0.25) is 0 Å². The summed E-state index contributed by atoms with van der Waals surface area (Å²) >= 11 is 0. The van der Waals surface area contributed by atoms with Crippen LogP contribution in [0, 0.1) is 11.3 Å². The maximum atomic E-state index is 13.1. The number of nitriles is 1. The largest absolute Gasteiger partial charge is 0.443 e. The Kier molecular flexibility index (Phi) is 7.41. The Morgan fingerprint density at radius 3 is 2.32 bits per heavy atom. The van der Waals surface area contributed by atoms with E-state index in [0.29, 0.717) is 37.4 Å². The Bertz CT molecular complexity index is 972. The zero-order chi connectivity index (χ0) is 22.2. The zero-order valence-electron chi connectivity index (χ0n) is 17.7. The predicted octanol–water partition coefficient (Wildman–Crippen LogP) is 2.80. The van der Waals surface area contributed by atoms with Gasteiger partial charge in [-0.15, -0.1) is 0 Å². The Morgan fingerprint density at radius 1 is 1.10 bits per heavy atom. The molecule has 1 atom stereocenters. The van der Waals surface area contributed by atoms with Gasteiger partial charge in [0, 0.05) is 38.4 Å². The van der Waals surface area contributed by atoms with Crippen molar-refractivity contribution in [3.63, 3.8) is 0 Å². The van der Waals surface area contributed by atoms with Crippen molar-refractivity contribution in [3.8, 4) is 6.07 Å². The lowest BCUT2D eigenvalue weighted by molar-refractivity contribution is -0.159. The van der Waals surface area contributed by atoms with E-state index >= 15 is 0 Å². The SMILES string of the molecule is CN(C)c1ccc(/C=C(\C#N)C(=O)O[C@@H](C(=O)N2CCOCC2)c2ccccc2)cc1. The van der Waals surface area contributed by atoms with Crippen LogP contribution in [0.25, 0.3) is 6.08 Å². The maximum absolute atomic E-state index is 13.1. The molecule has 7 heteroatoms. The van der Waals surface area contributed by atoms with Gasteiger partial charge in [0.05, 0.1) is 13.2 Å². The van der Waals surface area contributed by atoms with Crippen LogP contribution in [0.15, 0.2) is 60.2 Å². The van der Waals surface area contributed by atoms with Gasteiger partial charge in [0.15, 0.2) is 0 Å². The van der Waals surface area contributed by atoms with Gasteiger partial charge in [-0.05, 0) is 23.8 Å². The molecular weight excluding hydrogens is 394 g/mol. The predicted molar refractivity (Wildman–Crippen MR) is 117 cm³/mol. The van der Waals surface area contributed by atoms with Crippen molar-refractivity contribution >= 4 is 23.6 Å². The van der Waals surface area contributed by atoms with Gasteiger partial charge in [0.1, 0.15) is 11.6 Å². The molecule has 7 nitrogen and oxygen atoms in total. The van der Waals surface area contributed by atoms with E-state index in [1.54, 1.807) is 29.2 Å². The summed E-state index contributed by atoms with van der Waals surface area (Å²) in [5, 5.41) is 9.53. The summed E-state index contributed by atoms with van der Waals surface area (Å²) in [5.41, 5.74) is 2.07. The third-order valence-electron chi connectivity index (χ3n) is 4.94. The lowest BCUT2D eigenvalue weighted by atomic mass is 10.1. The van der Waals surface area contributed by atoms with Gasteiger partial charge in [0.2, 0.25) is 6.10 Å². The van der Waals surface area contributed by atoms with E-state index in [4.69, 9.17) is 9.47 Å². The fraction of sp³-hybridized carbons (Fsp3) is 0.292. The fourth-order valence-corrected chi connectivity index (χ4v) is 3.18. The first-order valence-corrected chi connectivity index (χ1v) is 10.0. The quantitative estimate of drug-likeness (QED) is 0.407. The molecule has 1 aliphatic rings. The molecule has 0 bridgehead atoms. The van der Waals surface area contributed by atoms with Crippen LogP contribution < -0.4 is 4.90 Å². The first-order valence-electron chi connectivity index (χ1n) is 10.0. The summed E-state index contributed by atoms with van der Waals surface area (Å²) in [6, 6.07) is 18.1. The van der Waals surface area contributed by atoms with Crippen LogP contribution >= 0.6 is 0 Å². The van der Waals surface area contributed by atoms with E-state index in [0.717, 1.165) is 5.69 Å². The summed E-state index contributed by atoms with van der Waals surface area (Å²) in [4.78, 5) is 29.5. The van der Waals surface area contributed by atoms with Gasteiger partial charge in [-0.1, -0.05) is 42.5 Å². The zero-order valence-corrected chi connectivity index (χ0v) is 17.7. The van der Waals surface area contributed by atoms with Crippen LogP contribution in [0.4, 0.5) is 5.69 Å². The average Bonchev–Trinajstić information content (AvgIpc) is 2.81. The highest BCUT2D eigenvalue weighted by Crippen LogP contribution is 2.23. The summed E-state index contributed by atoms with van der Waals surface area (Å²) < 4.78 is 10.9. The van der Waals surface area contributed by atoms with Crippen molar-refractivity contribution in [1.29, 1.82) is 5.26 Å². The second-order valence-corrected chi connectivity index (χ2v) is 7.29. The summed E-state index contributed by atoms with van der Waals surface area (Å²) in [5.74, 6) is -1.16. The highest BCUT2D eigenvalue weighted by Gasteiger charge is 2.31. The van der Waals surface area contributed by atoms with Gasteiger partial charge in [-0.2, -0.15) is 5.26 Å². The van der Waals surface area contributed by atoms with E-state index in [-0.39, 0.29) is 11.5 Å². The molecule has 1 fully saturated rings. The Hall–Kier alpha value is -3.63. The van der Waals surface area contributed by atoms with E-state index in [1.165, 1.54) is 6.08 Å². The molecule has 0 saturated carbocycles. The maximum Gasteiger partial charge on any atom is 0.350 e. The standard InChI is InChI=1S/C24H25N3O4/c1-26(2)21-10-8-18(9-11-21)16-20(17-25)24(29)31-22(19-6-4-3-5-7-19)23(28)27-12-14-30-15-13-27/h3-11,16,22H,12-15H2,1-2H3/b20-16+/t22-/m1/s1. The van der Waals surface area contributed by atoms with E-state index in [2.05, 4.69) is 0 Å². The molecule has 160 valence electrons. The van der Waals surface area contributed by atoms with Crippen LogP contribution in [0.1, 0.15) is 17.2 Å². The van der Waals surface area contributed by atoms with Crippen LogP contribution in [-0.2, 0) is 19.1 Å². The molecule has 31 heavy (non-hydrogen) atoms. The summed E-state index contributed by atoms with van der Waals surface area (Å²) in [6.45, 7) is 1.73. The van der Waals surface area contributed by atoms with Crippen LogP contribution in [0.5, 0.6) is 0 Å². The molecule has 0 spiro atoms. The van der Waals surface area contributed by atoms with Crippen molar-refractivity contribution in [2.75, 3.05) is 45.3 Å². The molecule has 1 aliphatic heterocycles. The average molecular weight is 419 g/mol. The molecular formula is C24H25N3O4. The Labute approximate surface area is 182 Å². The monoisotopic (exact) mass is 419 g/mol. The van der Waals surface area contributed by atoms with Gasteiger partial charge in [0.25, 0.3) is 5.91 Å². The smallest absolute Gasteiger partial charge is 0.350 e. The molecule has 0 radical (unpaired) electrons. The second kappa shape index (κ2) is 10.4. The molecule has 2 aromatic carbocycles. The number of hydrogen-bond acceptors (Lipinski definition) is 6. The third kappa shape index (κ3) is 5.71. The number of carbonyl (C=O) groups is 2. The molecule has 1 saturated heterocycles. The number of esters is 1. The van der Waals surface area contributed by atoms with Crippen molar-refractivity contribution in [2.24, 2.45) is 0 Å². The Morgan fingerprint density at radius 2 is 1.74 bits per heavy atom. The van der Waals surface area contributed by atoms with Crippen molar-refractivity contribution < 1.29 is 19.1 Å². The molecule has 0 aliphatic carbocycles. The normalized spacial score (nSPS) is 15.0. The lowest BCUT2D eigenvalue weighted by Gasteiger charge is -2.30. The van der Waals surface area contributed by atoms with Crippen LogP contribution in [0.3, 0.4) is 0 Å². The summed E-state index contributed by atoms with van der Waals surface area (Å²) in [6.07, 6.45) is 0.336. The molecule has 3 rings (SSSR count). The summed E-state index contributed by atoms with van der Waals surface area (Å²) in [7, 11) is 3.86. The van der Waals surface area contributed by atoms with E-state index in [1.807, 2.05) is 55.4 Å². The van der Waals surface area contributed by atoms with Crippen molar-refractivity contribution in [2.45, 2.75) is 6.10 Å². The minimum Gasteiger partial charge on any atom is -0.443 e. The number of amides is 1.